The molecule has 1 aromatic heterocycles. The quantitative estimate of drug-likeness (QED) is 0.515. The van der Waals surface area contributed by atoms with E-state index in [2.05, 4.69) is 27.4 Å². The van der Waals surface area contributed by atoms with Gasteiger partial charge >= 0.3 is 6.03 Å². The van der Waals surface area contributed by atoms with Gasteiger partial charge in [-0.05, 0) is 82.0 Å². The highest BCUT2D eigenvalue weighted by molar-refractivity contribution is 7.99. The minimum absolute atomic E-state index is 0.0763. The third kappa shape index (κ3) is 6.35. The number of thioether (sulfide) groups is 1. The molecule has 188 valence electrons. The number of benzene rings is 1. The van der Waals surface area contributed by atoms with Gasteiger partial charge in [0.2, 0.25) is 0 Å². The minimum atomic E-state index is -0.180. The molecular formula is C27H37N5O2S. The van der Waals surface area contributed by atoms with E-state index in [0.29, 0.717) is 30.4 Å². The third-order valence-corrected chi connectivity index (χ3v) is 7.82. The van der Waals surface area contributed by atoms with E-state index in [1.807, 2.05) is 19.9 Å². The predicted molar refractivity (Wildman–Crippen MR) is 144 cm³/mol. The van der Waals surface area contributed by atoms with Gasteiger partial charge in [0.25, 0.3) is 5.91 Å². The fraction of sp³-hybridized carbons (Fsp3) is 0.519. The van der Waals surface area contributed by atoms with Gasteiger partial charge in [-0.1, -0.05) is 13.3 Å². The van der Waals surface area contributed by atoms with E-state index in [1.54, 1.807) is 40.9 Å². The van der Waals surface area contributed by atoms with Crippen LogP contribution in [0.3, 0.4) is 0 Å². The number of nitrogens with zero attached hydrogens (tertiary/aromatic N) is 3. The molecule has 1 fully saturated rings. The van der Waals surface area contributed by atoms with Crippen molar-refractivity contribution in [2.24, 2.45) is 0 Å². The molecule has 0 saturated carbocycles. The molecule has 2 aromatic rings. The average molecular weight is 496 g/mol. The van der Waals surface area contributed by atoms with Gasteiger partial charge in [-0.15, -0.1) is 11.8 Å². The standard InChI is InChI=1S/C27H37N5O2S/c1-4-23-8-5-6-14-31(23)15-7-13-28-25(33)21-9-11-22(12-10-21)30-27(34)32-16-17-35-26-24(32)19(2)18-20(3)29-26/h9-12,18,23H,4-8,13-17H2,1-3H3,(H,28,33)(H,30,34)/t23-/m0/s1. The summed E-state index contributed by atoms with van der Waals surface area (Å²) in [4.78, 5) is 34.5. The smallest absolute Gasteiger partial charge is 0.326 e. The zero-order valence-corrected chi connectivity index (χ0v) is 21.9. The zero-order chi connectivity index (χ0) is 24.8. The van der Waals surface area contributed by atoms with E-state index < -0.39 is 0 Å². The zero-order valence-electron chi connectivity index (χ0n) is 21.1. The second-order valence-corrected chi connectivity index (χ2v) is 10.5. The van der Waals surface area contributed by atoms with Crippen LogP contribution in [0.15, 0.2) is 35.4 Å². The first-order valence-corrected chi connectivity index (χ1v) is 13.8. The highest BCUT2D eigenvalue weighted by Gasteiger charge is 2.26. The van der Waals surface area contributed by atoms with Crippen LogP contribution in [0.25, 0.3) is 0 Å². The Kier molecular flexibility index (Phi) is 8.68. The highest BCUT2D eigenvalue weighted by Crippen LogP contribution is 2.36. The molecule has 1 atom stereocenters. The molecule has 8 heteroatoms. The molecule has 0 spiro atoms. The summed E-state index contributed by atoms with van der Waals surface area (Å²) in [5.74, 6) is 0.736. The van der Waals surface area contributed by atoms with Crippen molar-refractivity contribution in [1.29, 1.82) is 0 Å². The molecule has 2 N–H and O–H groups in total. The van der Waals surface area contributed by atoms with E-state index >= 15 is 0 Å². The number of hydrogen-bond donors (Lipinski definition) is 2. The number of likely N-dealkylation sites (tertiary alicyclic amines) is 1. The molecule has 0 radical (unpaired) electrons. The number of anilines is 2. The number of amides is 3. The van der Waals surface area contributed by atoms with Crippen LogP contribution < -0.4 is 15.5 Å². The Morgan fingerprint density at radius 3 is 2.71 bits per heavy atom. The van der Waals surface area contributed by atoms with Crippen LogP contribution in [-0.2, 0) is 0 Å². The van der Waals surface area contributed by atoms with Crippen LogP contribution >= 0.6 is 11.8 Å². The first kappa shape index (κ1) is 25.5. The van der Waals surface area contributed by atoms with E-state index in [9.17, 15) is 9.59 Å². The van der Waals surface area contributed by atoms with Gasteiger partial charge in [-0.3, -0.25) is 9.69 Å². The summed E-state index contributed by atoms with van der Waals surface area (Å²) in [7, 11) is 0. The number of aromatic nitrogens is 1. The summed E-state index contributed by atoms with van der Waals surface area (Å²) < 4.78 is 0. The molecule has 3 amide bonds. The van der Waals surface area contributed by atoms with Gasteiger partial charge in [0.05, 0.1) is 5.69 Å². The molecule has 4 rings (SSSR count). The topological polar surface area (TPSA) is 77.6 Å². The van der Waals surface area contributed by atoms with Crippen molar-refractivity contribution in [2.75, 3.05) is 42.1 Å². The number of urea groups is 1. The first-order chi connectivity index (χ1) is 17.0. The van der Waals surface area contributed by atoms with Crippen LogP contribution in [0.1, 0.15) is 60.6 Å². The van der Waals surface area contributed by atoms with Crippen molar-refractivity contribution in [3.63, 3.8) is 0 Å². The predicted octanol–water partition coefficient (Wildman–Crippen LogP) is 5.23. The summed E-state index contributed by atoms with van der Waals surface area (Å²) in [6, 6.07) is 9.62. The summed E-state index contributed by atoms with van der Waals surface area (Å²) >= 11 is 1.69. The number of hydrogen-bond acceptors (Lipinski definition) is 5. The third-order valence-electron chi connectivity index (χ3n) is 6.87. The van der Waals surface area contributed by atoms with Crippen molar-refractivity contribution >= 4 is 35.1 Å². The van der Waals surface area contributed by atoms with E-state index in [-0.39, 0.29) is 11.9 Å². The van der Waals surface area contributed by atoms with Gasteiger partial charge in [-0.25, -0.2) is 9.78 Å². The van der Waals surface area contributed by atoms with E-state index in [0.717, 1.165) is 40.7 Å². The van der Waals surface area contributed by atoms with Crippen LogP contribution in [0.2, 0.25) is 0 Å². The average Bonchev–Trinajstić information content (AvgIpc) is 2.86. The molecule has 0 aliphatic carbocycles. The number of piperidine rings is 1. The summed E-state index contributed by atoms with van der Waals surface area (Å²) in [5.41, 5.74) is 4.16. The molecule has 35 heavy (non-hydrogen) atoms. The lowest BCUT2D eigenvalue weighted by Crippen LogP contribution is -2.40. The summed E-state index contributed by atoms with van der Waals surface area (Å²) in [5, 5.41) is 6.91. The van der Waals surface area contributed by atoms with Crippen LogP contribution in [0, 0.1) is 13.8 Å². The SMILES string of the molecule is CC[C@H]1CCCCN1CCCNC(=O)c1ccc(NC(=O)N2CCSc3nc(C)cc(C)c32)cc1. The number of pyridine rings is 1. The molecule has 1 saturated heterocycles. The molecule has 2 aliphatic heterocycles. The maximum absolute atomic E-state index is 13.0. The Hall–Kier alpha value is -2.58. The Morgan fingerprint density at radius 1 is 1.14 bits per heavy atom. The van der Waals surface area contributed by atoms with Crippen LogP contribution in [0.5, 0.6) is 0 Å². The number of nitrogens with one attached hydrogen (secondary N) is 2. The Balaban J connectivity index is 1.28. The second-order valence-electron chi connectivity index (χ2n) is 9.45. The van der Waals surface area contributed by atoms with Crippen molar-refractivity contribution in [3.8, 4) is 0 Å². The maximum atomic E-state index is 13.0. The second kappa shape index (κ2) is 11.9. The fourth-order valence-corrected chi connectivity index (χ4v) is 6.16. The lowest BCUT2D eigenvalue weighted by atomic mass is 10.00. The summed E-state index contributed by atoms with van der Waals surface area (Å²) in [6.07, 6.45) is 6.08. The number of carbonyl (C=O) groups is 2. The number of fused-ring (bicyclic) bond motifs is 1. The van der Waals surface area contributed by atoms with Crippen LogP contribution in [0.4, 0.5) is 16.2 Å². The molecule has 0 unspecified atom stereocenters. The normalized spacial score (nSPS) is 18.1. The van der Waals surface area contributed by atoms with Crippen molar-refractivity contribution < 1.29 is 9.59 Å². The van der Waals surface area contributed by atoms with Gasteiger partial charge < -0.3 is 15.5 Å². The molecule has 0 bridgehead atoms. The van der Waals surface area contributed by atoms with Gasteiger partial charge in [0.1, 0.15) is 5.03 Å². The molecule has 3 heterocycles. The van der Waals surface area contributed by atoms with Crippen molar-refractivity contribution in [1.82, 2.24) is 15.2 Å². The van der Waals surface area contributed by atoms with Crippen molar-refractivity contribution in [2.45, 2.75) is 63.9 Å². The van der Waals surface area contributed by atoms with E-state index in [4.69, 9.17) is 0 Å². The van der Waals surface area contributed by atoms with Gasteiger partial charge in [-0.2, -0.15) is 0 Å². The van der Waals surface area contributed by atoms with Crippen LogP contribution in [-0.4, -0.2) is 59.8 Å². The maximum Gasteiger partial charge on any atom is 0.326 e. The van der Waals surface area contributed by atoms with E-state index in [1.165, 1.54) is 32.2 Å². The minimum Gasteiger partial charge on any atom is -0.352 e. The molecular weight excluding hydrogens is 458 g/mol. The fourth-order valence-electron chi connectivity index (χ4n) is 5.07. The number of carbonyl (C=O) groups excluding carboxylic acids is 2. The molecule has 2 aliphatic rings. The Morgan fingerprint density at radius 2 is 1.94 bits per heavy atom. The summed E-state index contributed by atoms with van der Waals surface area (Å²) in [6.45, 7) is 9.77. The van der Waals surface area contributed by atoms with Gasteiger partial charge in [0.15, 0.2) is 0 Å². The highest BCUT2D eigenvalue weighted by atomic mass is 32.2. The lowest BCUT2D eigenvalue weighted by Gasteiger charge is -2.35. The number of rotatable bonds is 7. The lowest BCUT2D eigenvalue weighted by molar-refractivity contribution is 0.0947. The van der Waals surface area contributed by atoms with Gasteiger partial charge in [0, 0.05) is 48.4 Å². The Bertz CT molecular complexity index is 1040. The molecule has 1 aromatic carbocycles. The number of aryl methyl sites for hydroxylation is 2. The van der Waals surface area contributed by atoms with Crippen molar-refractivity contribution in [3.05, 3.63) is 47.2 Å². The first-order valence-electron chi connectivity index (χ1n) is 12.8. The largest absolute Gasteiger partial charge is 0.352 e. The monoisotopic (exact) mass is 495 g/mol. The molecule has 7 nitrogen and oxygen atoms in total. The Labute approximate surface area is 213 Å².